The SMILES string of the molecule is C[C@H](c1ccc(F)cc1)N(C)C(=O)CN1C(=O)[C@@H](C)N(c2ccccc2)C1=O. The maximum Gasteiger partial charge on any atom is 0.332 e. The number of carbonyl (C=O) groups excluding carboxylic acids is 3. The number of hydrogen-bond acceptors (Lipinski definition) is 3. The number of imide groups is 1. The van der Waals surface area contributed by atoms with Crippen LogP contribution < -0.4 is 4.90 Å². The maximum absolute atomic E-state index is 13.1. The monoisotopic (exact) mass is 383 g/mol. The van der Waals surface area contributed by atoms with Gasteiger partial charge in [-0.3, -0.25) is 19.4 Å². The second-order valence-electron chi connectivity index (χ2n) is 6.82. The van der Waals surface area contributed by atoms with E-state index in [1.165, 1.54) is 21.9 Å². The van der Waals surface area contributed by atoms with Crippen molar-refractivity contribution in [1.82, 2.24) is 9.80 Å². The second kappa shape index (κ2) is 7.80. The molecular weight excluding hydrogens is 361 g/mol. The molecule has 6 nitrogen and oxygen atoms in total. The zero-order valence-corrected chi connectivity index (χ0v) is 16.0. The van der Waals surface area contributed by atoms with Gasteiger partial charge in [0.1, 0.15) is 18.4 Å². The van der Waals surface area contributed by atoms with E-state index in [-0.39, 0.29) is 24.3 Å². The standard InChI is InChI=1S/C21H22FN3O3/c1-14(16-9-11-17(22)12-10-16)23(3)19(26)13-24-20(27)15(2)25(21(24)28)18-7-5-4-6-8-18/h4-12,14-15H,13H2,1-3H3/t14-,15-/m1/s1. The summed E-state index contributed by atoms with van der Waals surface area (Å²) in [5.74, 6) is -1.14. The van der Waals surface area contributed by atoms with Crippen LogP contribution in [-0.2, 0) is 9.59 Å². The molecular formula is C21H22FN3O3. The molecule has 1 aliphatic heterocycles. The fraction of sp³-hybridized carbons (Fsp3) is 0.286. The van der Waals surface area contributed by atoms with Gasteiger partial charge in [-0.05, 0) is 43.7 Å². The molecule has 146 valence electrons. The Labute approximate surface area is 163 Å². The maximum atomic E-state index is 13.1. The van der Waals surface area contributed by atoms with Gasteiger partial charge in [0, 0.05) is 12.7 Å². The van der Waals surface area contributed by atoms with Crippen molar-refractivity contribution in [2.45, 2.75) is 25.9 Å². The van der Waals surface area contributed by atoms with Crippen LogP contribution in [0.3, 0.4) is 0 Å². The van der Waals surface area contributed by atoms with Crippen LogP contribution in [0.5, 0.6) is 0 Å². The number of likely N-dealkylation sites (N-methyl/N-ethyl adjacent to an activating group) is 1. The van der Waals surface area contributed by atoms with Crippen LogP contribution >= 0.6 is 0 Å². The molecule has 0 spiro atoms. The van der Waals surface area contributed by atoms with Crippen LogP contribution in [0.2, 0.25) is 0 Å². The molecule has 2 aromatic rings. The van der Waals surface area contributed by atoms with E-state index >= 15 is 0 Å². The molecule has 3 rings (SSSR count). The predicted molar refractivity (Wildman–Crippen MR) is 103 cm³/mol. The molecule has 28 heavy (non-hydrogen) atoms. The molecule has 7 heteroatoms. The van der Waals surface area contributed by atoms with E-state index in [2.05, 4.69) is 0 Å². The van der Waals surface area contributed by atoms with Crippen LogP contribution in [-0.4, -0.2) is 47.3 Å². The number of carbonyl (C=O) groups is 3. The fourth-order valence-corrected chi connectivity index (χ4v) is 3.22. The molecule has 2 aromatic carbocycles. The van der Waals surface area contributed by atoms with Gasteiger partial charge in [0.2, 0.25) is 5.91 Å². The summed E-state index contributed by atoms with van der Waals surface area (Å²) >= 11 is 0. The normalized spacial score (nSPS) is 17.8. The van der Waals surface area contributed by atoms with E-state index in [4.69, 9.17) is 0 Å². The minimum atomic E-state index is -0.678. The molecule has 2 atom stereocenters. The summed E-state index contributed by atoms with van der Waals surface area (Å²) in [7, 11) is 1.60. The topological polar surface area (TPSA) is 60.9 Å². The van der Waals surface area contributed by atoms with Crippen molar-refractivity contribution in [2.24, 2.45) is 0 Å². The van der Waals surface area contributed by atoms with Gasteiger partial charge in [0.15, 0.2) is 0 Å². The van der Waals surface area contributed by atoms with Crippen LogP contribution in [0.25, 0.3) is 0 Å². The molecule has 0 N–H and O–H groups in total. The van der Waals surface area contributed by atoms with Gasteiger partial charge in [-0.15, -0.1) is 0 Å². The number of para-hydroxylation sites is 1. The number of urea groups is 1. The van der Waals surface area contributed by atoms with Crippen LogP contribution in [0.4, 0.5) is 14.9 Å². The lowest BCUT2D eigenvalue weighted by Crippen LogP contribution is -2.43. The van der Waals surface area contributed by atoms with Gasteiger partial charge in [-0.2, -0.15) is 0 Å². The highest BCUT2D eigenvalue weighted by Crippen LogP contribution is 2.26. The third kappa shape index (κ3) is 3.60. The first-order valence-electron chi connectivity index (χ1n) is 9.02. The lowest BCUT2D eigenvalue weighted by molar-refractivity contribution is -0.137. The average Bonchev–Trinajstić information content (AvgIpc) is 2.91. The highest BCUT2D eigenvalue weighted by atomic mass is 19.1. The Bertz CT molecular complexity index is 886. The Morgan fingerprint density at radius 2 is 1.71 bits per heavy atom. The van der Waals surface area contributed by atoms with Crippen molar-refractivity contribution in [3.05, 3.63) is 66.0 Å². The second-order valence-corrected chi connectivity index (χ2v) is 6.82. The van der Waals surface area contributed by atoms with E-state index in [1.54, 1.807) is 57.3 Å². The first-order chi connectivity index (χ1) is 13.3. The number of hydrogen-bond donors (Lipinski definition) is 0. The van der Waals surface area contributed by atoms with E-state index in [0.29, 0.717) is 5.69 Å². The molecule has 1 aliphatic rings. The number of benzene rings is 2. The Hall–Kier alpha value is -3.22. The minimum absolute atomic E-state index is 0.330. The molecule has 0 unspecified atom stereocenters. The van der Waals surface area contributed by atoms with Crippen molar-refractivity contribution in [2.75, 3.05) is 18.5 Å². The van der Waals surface area contributed by atoms with Gasteiger partial charge >= 0.3 is 6.03 Å². The third-order valence-corrected chi connectivity index (χ3v) is 5.10. The summed E-state index contributed by atoms with van der Waals surface area (Å²) in [5.41, 5.74) is 1.37. The summed E-state index contributed by atoms with van der Waals surface area (Å²) in [5, 5.41) is 0. The van der Waals surface area contributed by atoms with Gasteiger partial charge in [-0.25, -0.2) is 9.18 Å². The number of nitrogens with zero attached hydrogens (tertiary/aromatic N) is 3. The zero-order chi connectivity index (χ0) is 20.4. The first kappa shape index (κ1) is 19.5. The molecule has 0 radical (unpaired) electrons. The van der Waals surface area contributed by atoms with Crippen molar-refractivity contribution in [3.8, 4) is 0 Å². The van der Waals surface area contributed by atoms with Crippen molar-refractivity contribution in [1.29, 1.82) is 0 Å². The third-order valence-electron chi connectivity index (χ3n) is 5.10. The van der Waals surface area contributed by atoms with Crippen LogP contribution in [0.15, 0.2) is 54.6 Å². The van der Waals surface area contributed by atoms with Gasteiger partial charge in [0.25, 0.3) is 5.91 Å². The van der Waals surface area contributed by atoms with Crippen molar-refractivity contribution in [3.63, 3.8) is 0 Å². The lowest BCUT2D eigenvalue weighted by atomic mass is 10.1. The summed E-state index contributed by atoms with van der Waals surface area (Å²) in [6, 6.07) is 13.2. The quantitative estimate of drug-likeness (QED) is 0.745. The molecule has 1 fully saturated rings. The Morgan fingerprint density at radius 1 is 1.11 bits per heavy atom. The minimum Gasteiger partial charge on any atom is -0.337 e. The van der Waals surface area contributed by atoms with Crippen LogP contribution in [0, 0.1) is 5.82 Å². The predicted octanol–water partition coefficient (Wildman–Crippen LogP) is 3.20. The summed E-state index contributed by atoms with van der Waals surface area (Å²) in [6.07, 6.45) is 0. The number of amides is 4. The Balaban J connectivity index is 1.73. The molecule has 1 saturated heterocycles. The van der Waals surface area contributed by atoms with E-state index in [1.807, 2.05) is 6.07 Å². The Morgan fingerprint density at radius 3 is 2.32 bits per heavy atom. The average molecular weight is 383 g/mol. The molecule has 0 bridgehead atoms. The first-order valence-corrected chi connectivity index (χ1v) is 9.02. The van der Waals surface area contributed by atoms with Crippen molar-refractivity contribution >= 4 is 23.5 Å². The van der Waals surface area contributed by atoms with Crippen LogP contribution in [0.1, 0.15) is 25.5 Å². The zero-order valence-electron chi connectivity index (χ0n) is 16.0. The molecule has 0 saturated carbocycles. The number of anilines is 1. The van der Waals surface area contributed by atoms with Gasteiger partial charge < -0.3 is 4.90 Å². The Kier molecular flexibility index (Phi) is 5.44. The molecule has 1 heterocycles. The smallest absolute Gasteiger partial charge is 0.332 e. The summed E-state index contributed by atoms with van der Waals surface area (Å²) in [4.78, 5) is 41.9. The van der Waals surface area contributed by atoms with Crippen molar-refractivity contribution < 1.29 is 18.8 Å². The largest absolute Gasteiger partial charge is 0.337 e. The molecule has 0 aliphatic carbocycles. The fourth-order valence-electron chi connectivity index (χ4n) is 3.22. The number of halogens is 1. The van der Waals surface area contributed by atoms with E-state index in [9.17, 15) is 18.8 Å². The summed E-state index contributed by atoms with van der Waals surface area (Å²) < 4.78 is 13.1. The molecule has 4 amide bonds. The van der Waals surface area contributed by atoms with E-state index in [0.717, 1.165) is 10.5 Å². The highest BCUT2D eigenvalue weighted by molar-refractivity contribution is 6.15. The van der Waals surface area contributed by atoms with E-state index < -0.39 is 18.0 Å². The molecule has 0 aromatic heterocycles. The summed E-state index contributed by atoms with van der Waals surface area (Å²) in [6.45, 7) is 3.10. The van der Waals surface area contributed by atoms with Gasteiger partial charge in [-0.1, -0.05) is 30.3 Å². The highest BCUT2D eigenvalue weighted by Gasteiger charge is 2.44. The lowest BCUT2D eigenvalue weighted by Gasteiger charge is -2.27. The van der Waals surface area contributed by atoms with Gasteiger partial charge in [0.05, 0.1) is 6.04 Å². The number of rotatable bonds is 5.